The molecular weight excluding hydrogens is 282 g/mol. The molecule has 4 nitrogen and oxygen atoms in total. The predicted octanol–water partition coefficient (Wildman–Crippen LogP) is 2.63. The van der Waals surface area contributed by atoms with Gasteiger partial charge in [0.25, 0.3) is 5.56 Å². The largest absolute Gasteiger partial charge is 0.380 e. The second kappa shape index (κ2) is 5.21. The van der Waals surface area contributed by atoms with E-state index >= 15 is 0 Å². The number of hydrogen-bond donors (Lipinski definition) is 1. The van der Waals surface area contributed by atoms with Crippen molar-refractivity contribution < 1.29 is 0 Å². The molecule has 1 fully saturated rings. The van der Waals surface area contributed by atoms with Gasteiger partial charge in [0.15, 0.2) is 0 Å². The molecule has 1 atom stereocenters. The van der Waals surface area contributed by atoms with Gasteiger partial charge in [0.2, 0.25) is 0 Å². The van der Waals surface area contributed by atoms with Crippen LogP contribution in [0.3, 0.4) is 0 Å². The van der Waals surface area contributed by atoms with E-state index in [2.05, 4.69) is 33.3 Å². The molecule has 0 saturated heterocycles. The number of aryl methyl sites for hydroxylation is 1. The highest BCUT2D eigenvalue weighted by atomic mass is 79.9. The van der Waals surface area contributed by atoms with E-state index in [0.29, 0.717) is 17.1 Å². The summed E-state index contributed by atoms with van der Waals surface area (Å²) in [5, 5.41) is 7.53. The second-order valence-corrected chi connectivity index (χ2v) is 5.46. The maximum atomic E-state index is 12.0. The van der Waals surface area contributed by atoms with Crippen LogP contribution in [0.1, 0.15) is 33.1 Å². The third kappa shape index (κ3) is 2.89. The van der Waals surface area contributed by atoms with Gasteiger partial charge < -0.3 is 5.32 Å². The molecule has 0 amide bonds. The van der Waals surface area contributed by atoms with Crippen LogP contribution in [0.5, 0.6) is 0 Å². The Hall–Kier alpha value is -0.840. The Morgan fingerprint density at radius 2 is 2.35 bits per heavy atom. The van der Waals surface area contributed by atoms with Gasteiger partial charge in [-0.05, 0) is 48.0 Å². The van der Waals surface area contributed by atoms with E-state index in [0.717, 1.165) is 18.0 Å². The van der Waals surface area contributed by atoms with Crippen LogP contribution in [0.4, 0.5) is 5.69 Å². The van der Waals surface area contributed by atoms with Crippen molar-refractivity contribution in [3.05, 3.63) is 21.0 Å². The van der Waals surface area contributed by atoms with Crippen LogP contribution >= 0.6 is 15.9 Å². The van der Waals surface area contributed by atoms with E-state index in [-0.39, 0.29) is 5.56 Å². The number of nitrogens with zero attached hydrogens (tertiary/aromatic N) is 2. The summed E-state index contributed by atoms with van der Waals surface area (Å²) in [5.74, 6) is 0.750. The average molecular weight is 300 g/mol. The summed E-state index contributed by atoms with van der Waals surface area (Å²) in [4.78, 5) is 12.0. The maximum absolute atomic E-state index is 12.0. The van der Waals surface area contributed by atoms with Crippen LogP contribution in [0.15, 0.2) is 15.5 Å². The van der Waals surface area contributed by atoms with Crippen LogP contribution in [0.2, 0.25) is 0 Å². The summed E-state index contributed by atoms with van der Waals surface area (Å²) in [7, 11) is 0. The lowest BCUT2D eigenvalue weighted by atomic mass is 10.2. The molecule has 0 bridgehead atoms. The van der Waals surface area contributed by atoms with E-state index in [1.165, 1.54) is 17.5 Å². The third-order valence-electron chi connectivity index (χ3n) is 3.13. The van der Waals surface area contributed by atoms with Gasteiger partial charge in [-0.15, -0.1) is 0 Å². The quantitative estimate of drug-likeness (QED) is 0.909. The first-order chi connectivity index (χ1) is 8.13. The number of anilines is 1. The Kier molecular flexibility index (Phi) is 3.86. The van der Waals surface area contributed by atoms with Gasteiger partial charge in [-0.3, -0.25) is 4.79 Å². The molecule has 0 aromatic carbocycles. The molecule has 0 radical (unpaired) electrons. The molecule has 1 saturated carbocycles. The summed E-state index contributed by atoms with van der Waals surface area (Å²) in [6.07, 6.45) is 5.21. The maximum Gasteiger partial charge on any atom is 0.283 e. The Morgan fingerprint density at radius 1 is 1.65 bits per heavy atom. The van der Waals surface area contributed by atoms with E-state index in [9.17, 15) is 4.79 Å². The lowest BCUT2D eigenvalue weighted by Gasteiger charge is -2.15. The average Bonchev–Trinajstić information content (AvgIpc) is 3.12. The summed E-state index contributed by atoms with van der Waals surface area (Å²) >= 11 is 3.36. The van der Waals surface area contributed by atoms with Crippen molar-refractivity contribution in [2.75, 3.05) is 5.32 Å². The van der Waals surface area contributed by atoms with Crippen molar-refractivity contribution in [1.29, 1.82) is 0 Å². The first-order valence-corrected chi connectivity index (χ1v) is 6.95. The van der Waals surface area contributed by atoms with Gasteiger partial charge in [0, 0.05) is 12.6 Å². The van der Waals surface area contributed by atoms with E-state index in [4.69, 9.17) is 0 Å². The number of aromatic nitrogens is 2. The van der Waals surface area contributed by atoms with Crippen molar-refractivity contribution in [2.45, 2.75) is 45.7 Å². The van der Waals surface area contributed by atoms with Gasteiger partial charge in [-0.25, -0.2) is 4.68 Å². The zero-order valence-corrected chi connectivity index (χ0v) is 11.8. The van der Waals surface area contributed by atoms with Gasteiger partial charge in [-0.1, -0.05) is 6.92 Å². The fraction of sp³-hybridized carbons (Fsp3) is 0.667. The monoisotopic (exact) mass is 299 g/mol. The normalized spacial score (nSPS) is 16.9. The predicted molar refractivity (Wildman–Crippen MR) is 72.3 cm³/mol. The summed E-state index contributed by atoms with van der Waals surface area (Å²) in [5.41, 5.74) is 0.751. The van der Waals surface area contributed by atoms with Crippen molar-refractivity contribution in [1.82, 2.24) is 9.78 Å². The molecule has 94 valence electrons. The van der Waals surface area contributed by atoms with Crippen LogP contribution in [0, 0.1) is 5.92 Å². The van der Waals surface area contributed by atoms with Crippen LogP contribution in [0.25, 0.3) is 0 Å². The third-order valence-corrected chi connectivity index (χ3v) is 3.90. The molecule has 17 heavy (non-hydrogen) atoms. The van der Waals surface area contributed by atoms with Crippen LogP contribution in [-0.4, -0.2) is 15.8 Å². The van der Waals surface area contributed by atoms with E-state index in [1.807, 2.05) is 6.92 Å². The SMILES string of the molecule is CCCn1ncc(NC(C)C2CC2)c(Br)c1=O. The Labute approximate surface area is 110 Å². The first-order valence-electron chi connectivity index (χ1n) is 6.15. The fourth-order valence-electron chi connectivity index (χ4n) is 1.90. The molecule has 2 rings (SSSR count). The van der Waals surface area contributed by atoms with Crippen molar-refractivity contribution >= 4 is 21.6 Å². The Morgan fingerprint density at radius 3 is 2.94 bits per heavy atom. The molecule has 0 spiro atoms. The summed E-state index contributed by atoms with van der Waals surface area (Å²) in [6, 6.07) is 0.412. The minimum Gasteiger partial charge on any atom is -0.380 e. The van der Waals surface area contributed by atoms with Gasteiger partial charge >= 0.3 is 0 Å². The minimum absolute atomic E-state index is 0.0557. The Bertz CT molecular complexity index is 454. The molecule has 1 aromatic rings. The topological polar surface area (TPSA) is 46.9 Å². The van der Waals surface area contributed by atoms with Crippen LogP contribution < -0.4 is 10.9 Å². The van der Waals surface area contributed by atoms with E-state index < -0.39 is 0 Å². The number of nitrogens with one attached hydrogen (secondary N) is 1. The van der Waals surface area contributed by atoms with Crippen molar-refractivity contribution in [3.8, 4) is 0 Å². The van der Waals surface area contributed by atoms with Crippen molar-refractivity contribution in [3.63, 3.8) is 0 Å². The zero-order valence-electron chi connectivity index (χ0n) is 10.2. The Balaban J connectivity index is 2.17. The lowest BCUT2D eigenvalue weighted by molar-refractivity contribution is 0.564. The molecule has 1 aliphatic carbocycles. The zero-order chi connectivity index (χ0) is 12.4. The smallest absolute Gasteiger partial charge is 0.283 e. The number of rotatable bonds is 5. The minimum atomic E-state index is -0.0557. The summed E-state index contributed by atoms with van der Waals surface area (Å²) in [6.45, 7) is 4.85. The molecule has 5 heteroatoms. The van der Waals surface area contributed by atoms with Gasteiger partial charge in [0.05, 0.1) is 11.9 Å². The fourth-order valence-corrected chi connectivity index (χ4v) is 2.32. The standard InChI is InChI=1S/C12H18BrN3O/c1-3-6-16-12(17)11(13)10(7-14-16)15-8(2)9-4-5-9/h7-9,15H,3-6H2,1-2H3. The lowest BCUT2D eigenvalue weighted by Crippen LogP contribution is -2.26. The van der Waals surface area contributed by atoms with Gasteiger partial charge in [-0.2, -0.15) is 5.10 Å². The highest BCUT2D eigenvalue weighted by Gasteiger charge is 2.28. The molecule has 1 N–H and O–H groups in total. The highest BCUT2D eigenvalue weighted by molar-refractivity contribution is 9.10. The molecule has 1 aromatic heterocycles. The molecule has 1 unspecified atom stereocenters. The van der Waals surface area contributed by atoms with E-state index in [1.54, 1.807) is 6.20 Å². The number of halogens is 1. The second-order valence-electron chi connectivity index (χ2n) is 4.67. The highest BCUT2D eigenvalue weighted by Crippen LogP contribution is 2.34. The first kappa shape index (κ1) is 12.6. The molecule has 0 aliphatic heterocycles. The van der Waals surface area contributed by atoms with Crippen molar-refractivity contribution in [2.24, 2.45) is 5.92 Å². The number of hydrogen-bond acceptors (Lipinski definition) is 3. The van der Waals surface area contributed by atoms with Gasteiger partial charge in [0.1, 0.15) is 4.47 Å². The van der Waals surface area contributed by atoms with Crippen LogP contribution in [-0.2, 0) is 6.54 Å². The molecular formula is C12H18BrN3O. The molecule has 1 aliphatic rings. The summed E-state index contributed by atoms with van der Waals surface area (Å²) < 4.78 is 2.09. The molecule has 1 heterocycles.